The van der Waals surface area contributed by atoms with Gasteiger partial charge in [-0.05, 0) is 30.5 Å². The Bertz CT molecular complexity index is 878. The number of nitro groups is 1. The Balaban J connectivity index is 1.96. The summed E-state index contributed by atoms with van der Waals surface area (Å²) in [5, 5.41) is 13.6. The first-order valence-corrected chi connectivity index (χ1v) is 8.14. The van der Waals surface area contributed by atoms with Crippen molar-refractivity contribution in [1.29, 1.82) is 0 Å². The van der Waals surface area contributed by atoms with Gasteiger partial charge in [-0.25, -0.2) is 0 Å². The summed E-state index contributed by atoms with van der Waals surface area (Å²) in [5.41, 5.74) is 2.43. The van der Waals surface area contributed by atoms with Crippen LogP contribution in [-0.2, 0) is 20.7 Å². The van der Waals surface area contributed by atoms with E-state index < -0.39 is 23.4 Å². The number of carbonyl (C=O) groups excluding carboxylic acids is 2. The molecule has 1 N–H and O–H groups in total. The molecule has 8 heteroatoms. The van der Waals surface area contributed by atoms with Crippen LogP contribution in [0.4, 0.5) is 11.4 Å². The fourth-order valence-electron chi connectivity index (χ4n) is 2.46. The first-order valence-electron chi connectivity index (χ1n) is 8.14. The van der Waals surface area contributed by atoms with E-state index in [9.17, 15) is 19.7 Å². The Morgan fingerprint density at radius 2 is 1.85 bits per heavy atom. The molecule has 0 saturated heterocycles. The largest absolute Gasteiger partial charge is 0.490 e. The molecular weight excluding hydrogens is 352 g/mol. The lowest BCUT2D eigenvalue weighted by atomic mass is 10.1. The number of rotatable bonds is 7. The van der Waals surface area contributed by atoms with Gasteiger partial charge in [-0.15, -0.1) is 0 Å². The Kier molecular flexibility index (Phi) is 6.48. The van der Waals surface area contributed by atoms with Crippen LogP contribution in [0.5, 0.6) is 5.75 Å². The maximum atomic E-state index is 12.0. The molecule has 0 saturated carbocycles. The van der Waals surface area contributed by atoms with Crippen molar-refractivity contribution in [3.63, 3.8) is 0 Å². The minimum atomic E-state index is -0.565. The van der Waals surface area contributed by atoms with Crippen molar-refractivity contribution in [2.24, 2.45) is 0 Å². The van der Waals surface area contributed by atoms with Gasteiger partial charge in [-0.1, -0.05) is 24.3 Å². The third-order valence-electron chi connectivity index (χ3n) is 3.96. The van der Waals surface area contributed by atoms with Crippen molar-refractivity contribution in [1.82, 2.24) is 0 Å². The minimum Gasteiger partial charge on any atom is -0.490 e. The van der Waals surface area contributed by atoms with Crippen molar-refractivity contribution < 1.29 is 24.0 Å². The standard InChI is InChI=1S/C19H20N2O6/c1-12-6-4-5-7-14(12)9-19(23)27-11-18(22)20-15-10-17(26-3)16(21(24)25)8-13(15)2/h4-8,10H,9,11H2,1-3H3,(H,20,22). The maximum absolute atomic E-state index is 12.0. The highest BCUT2D eigenvalue weighted by molar-refractivity contribution is 5.94. The molecule has 2 rings (SSSR count). The second-order valence-corrected chi connectivity index (χ2v) is 5.91. The molecule has 0 radical (unpaired) electrons. The predicted molar refractivity (Wildman–Crippen MR) is 98.9 cm³/mol. The molecule has 27 heavy (non-hydrogen) atoms. The van der Waals surface area contributed by atoms with Gasteiger partial charge in [0.05, 0.1) is 18.5 Å². The Hall–Kier alpha value is -3.42. The van der Waals surface area contributed by atoms with E-state index in [0.717, 1.165) is 11.1 Å². The lowest BCUT2D eigenvalue weighted by Gasteiger charge is -2.11. The van der Waals surface area contributed by atoms with E-state index in [1.54, 1.807) is 6.92 Å². The van der Waals surface area contributed by atoms with E-state index in [2.05, 4.69) is 5.32 Å². The summed E-state index contributed by atoms with van der Waals surface area (Å²) in [6, 6.07) is 10.1. The molecule has 0 aliphatic carbocycles. The van der Waals surface area contributed by atoms with Gasteiger partial charge < -0.3 is 14.8 Å². The number of methoxy groups -OCH3 is 1. The molecule has 0 bridgehead atoms. The number of anilines is 1. The average Bonchev–Trinajstić information content (AvgIpc) is 2.63. The number of amides is 1. The topological polar surface area (TPSA) is 108 Å². The molecule has 0 atom stereocenters. The lowest BCUT2D eigenvalue weighted by molar-refractivity contribution is -0.385. The molecular formula is C19H20N2O6. The summed E-state index contributed by atoms with van der Waals surface area (Å²) in [5.74, 6) is -1.04. The highest BCUT2D eigenvalue weighted by Crippen LogP contribution is 2.32. The van der Waals surface area contributed by atoms with E-state index in [-0.39, 0.29) is 17.9 Å². The van der Waals surface area contributed by atoms with Crippen molar-refractivity contribution in [3.8, 4) is 5.75 Å². The highest BCUT2D eigenvalue weighted by Gasteiger charge is 2.18. The summed E-state index contributed by atoms with van der Waals surface area (Å²) in [6.07, 6.45) is 0.0737. The van der Waals surface area contributed by atoms with E-state index in [0.29, 0.717) is 11.3 Å². The SMILES string of the molecule is COc1cc(NC(=O)COC(=O)Cc2ccccc2C)c(C)cc1[N+](=O)[O-]. The summed E-state index contributed by atoms with van der Waals surface area (Å²) < 4.78 is 9.98. The molecule has 1 amide bonds. The first-order chi connectivity index (χ1) is 12.8. The number of hydrogen-bond acceptors (Lipinski definition) is 6. The Labute approximate surface area is 156 Å². The summed E-state index contributed by atoms with van der Waals surface area (Å²) in [7, 11) is 1.30. The van der Waals surface area contributed by atoms with Gasteiger partial charge in [0, 0.05) is 17.8 Å². The summed E-state index contributed by atoms with van der Waals surface area (Å²) >= 11 is 0. The molecule has 0 spiro atoms. The van der Waals surface area contributed by atoms with Gasteiger partial charge in [0.1, 0.15) is 0 Å². The van der Waals surface area contributed by atoms with Gasteiger partial charge in [-0.2, -0.15) is 0 Å². The summed E-state index contributed by atoms with van der Waals surface area (Å²) in [4.78, 5) is 34.4. The van der Waals surface area contributed by atoms with Crippen LogP contribution in [-0.4, -0.2) is 30.5 Å². The third-order valence-corrected chi connectivity index (χ3v) is 3.96. The zero-order valence-electron chi connectivity index (χ0n) is 15.3. The normalized spacial score (nSPS) is 10.2. The van der Waals surface area contributed by atoms with Crippen LogP contribution in [0, 0.1) is 24.0 Å². The number of nitro benzene ring substituents is 1. The smallest absolute Gasteiger partial charge is 0.311 e. The number of ether oxygens (including phenoxy) is 2. The monoisotopic (exact) mass is 372 g/mol. The number of nitrogens with zero attached hydrogens (tertiary/aromatic N) is 1. The summed E-state index contributed by atoms with van der Waals surface area (Å²) in [6.45, 7) is 3.05. The Morgan fingerprint density at radius 3 is 2.48 bits per heavy atom. The van der Waals surface area contributed by atoms with Crippen LogP contribution in [0.15, 0.2) is 36.4 Å². The molecule has 0 heterocycles. The predicted octanol–water partition coefficient (Wildman–Crippen LogP) is 2.94. The van der Waals surface area contributed by atoms with E-state index in [1.807, 2.05) is 31.2 Å². The lowest BCUT2D eigenvalue weighted by Crippen LogP contribution is -2.22. The van der Waals surface area contributed by atoms with E-state index in [1.165, 1.54) is 19.2 Å². The number of benzene rings is 2. The van der Waals surface area contributed by atoms with E-state index >= 15 is 0 Å². The van der Waals surface area contributed by atoms with Crippen molar-refractivity contribution >= 4 is 23.3 Å². The van der Waals surface area contributed by atoms with Crippen molar-refractivity contribution in [3.05, 3.63) is 63.2 Å². The second-order valence-electron chi connectivity index (χ2n) is 5.91. The third kappa shape index (κ3) is 5.27. The molecule has 0 unspecified atom stereocenters. The fraction of sp³-hybridized carbons (Fsp3) is 0.263. The van der Waals surface area contributed by atoms with E-state index in [4.69, 9.17) is 9.47 Å². The minimum absolute atomic E-state index is 0.0254. The average molecular weight is 372 g/mol. The molecule has 0 aliphatic heterocycles. The van der Waals surface area contributed by atoms with Gasteiger partial charge in [-0.3, -0.25) is 19.7 Å². The van der Waals surface area contributed by atoms with Gasteiger partial charge >= 0.3 is 11.7 Å². The number of hydrogen-bond donors (Lipinski definition) is 1. The van der Waals surface area contributed by atoms with Crippen LogP contribution in [0.25, 0.3) is 0 Å². The van der Waals surface area contributed by atoms with Crippen LogP contribution in [0.2, 0.25) is 0 Å². The molecule has 0 fully saturated rings. The maximum Gasteiger partial charge on any atom is 0.311 e. The quantitative estimate of drug-likeness (QED) is 0.455. The van der Waals surface area contributed by atoms with Crippen molar-refractivity contribution in [2.45, 2.75) is 20.3 Å². The van der Waals surface area contributed by atoms with Crippen LogP contribution < -0.4 is 10.1 Å². The second kappa shape index (κ2) is 8.79. The van der Waals surface area contributed by atoms with Crippen molar-refractivity contribution in [2.75, 3.05) is 19.0 Å². The highest BCUT2D eigenvalue weighted by atomic mass is 16.6. The van der Waals surface area contributed by atoms with Gasteiger partial charge in [0.25, 0.3) is 5.91 Å². The Morgan fingerprint density at radius 1 is 1.15 bits per heavy atom. The fourth-order valence-corrected chi connectivity index (χ4v) is 2.46. The first kappa shape index (κ1) is 19.9. The number of carbonyl (C=O) groups is 2. The van der Waals surface area contributed by atoms with Crippen LogP contribution in [0.1, 0.15) is 16.7 Å². The molecule has 0 aromatic heterocycles. The molecule has 0 aliphatic rings. The van der Waals surface area contributed by atoms with Gasteiger partial charge in [0.15, 0.2) is 12.4 Å². The zero-order chi connectivity index (χ0) is 20.0. The number of nitrogens with one attached hydrogen (secondary N) is 1. The molecule has 2 aromatic rings. The van der Waals surface area contributed by atoms with Crippen LogP contribution >= 0.6 is 0 Å². The molecule has 142 valence electrons. The molecule has 2 aromatic carbocycles. The zero-order valence-corrected chi connectivity index (χ0v) is 15.3. The molecule has 8 nitrogen and oxygen atoms in total. The van der Waals surface area contributed by atoms with Crippen LogP contribution in [0.3, 0.4) is 0 Å². The number of esters is 1. The number of aryl methyl sites for hydroxylation is 2. The van der Waals surface area contributed by atoms with Gasteiger partial charge in [0.2, 0.25) is 0 Å².